The van der Waals surface area contributed by atoms with Crippen LogP contribution in [0.25, 0.3) is 0 Å². The summed E-state index contributed by atoms with van der Waals surface area (Å²) < 4.78 is 0. The van der Waals surface area contributed by atoms with E-state index in [1.807, 2.05) is 0 Å². The Labute approximate surface area is 136 Å². The molecule has 0 bridgehead atoms. The van der Waals surface area contributed by atoms with Crippen LogP contribution in [0.3, 0.4) is 0 Å². The van der Waals surface area contributed by atoms with Crippen molar-refractivity contribution in [2.24, 2.45) is 10.8 Å². The summed E-state index contributed by atoms with van der Waals surface area (Å²) in [7, 11) is 0. The first-order chi connectivity index (χ1) is 6.62. The number of hydrogen-bond acceptors (Lipinski definition) is 0. The molecular weight excluding hydrogens is 281 g/mol. The summed E-state index contributed by atoms with van der Waals surface area (Å²) >= 11 is 0. The molecule has 0 rings (SSSR count). The van der Waals surface area contributed by atoms with Crippen LogP contribution in [0.15, 0.2) is 18.2 Å². The molecule has 0 aromatic heterocycles. The van der Waals surface area contributed by atoms with E-state index in [2.05, 4.69) is 60.6 Å². The van der Waals surface area contributed by atoms with E-state index >= 15 is 0 Å². The van der Waals surface area contributed by atoms with Crippen LogP contribution in [0.5, 0.6) is 0 Å². The quantitative estimate of drug-likeness (QED) is 0.430. The van der Waals surface area contributed by atoms with E-state index in [1.165, 1.54) is 6.42 Å². The van der Waals surface area contributed by atoms with Gasteiger partial charge in [-0.25, -0.2) is 0 Å². The molecule has 0 saturated carbocycles. The molecule has 0 aliphatic rings. The third-order valence-corrected chi connectivity index (χ3v) is 1.70. The molecule has 0 heterocycles. The van der Waals surface area contributed by atoms with Gasteiger partial charge in [0.15, 0.2) is 0 Å². The number of allylic oxidation sites excluding steroid dienone is 3. The van der Waals surface area contributed by atoms with Gasteiger partial charge in [0.25, 0.3) is 0 Å². The van der Waals surface area contributed by atoms with Gasteiger partial charge in [0.2, 0.25) is 0 Å². The molecule has 0 aliphatic heterocycles. The maximum Gasteiger partial charge on any atom is 0 e. The average Bonchev–Trinajstić information content (AvgIpc) is 1.98. The second-order valence-electron chi connectivity index (χ2n) is 6.33. The molecule has 0 nitrogen and oxygen atoms in total. The van der Waals surface area contributed by atoms with Gasteiger partial charge in [0, 0.05) is 32.7 Å². The van der Waals surface area contributed by atoms with Crippen LogP contribution in [0.4, 0.5) is 0 Å². The predicted octanol–water partition coefficient (Wildman–Crippen LogP) is 6.04. The normalized spacial score (nSPS) is 10.8. The smallest absolute Gasteiger partial charge is 0 e. The van der Waals surface area contributed by atoms with Gasteiger partial charge in [0.05, 0.1) is 0 Å². The van der Waals surface area contributed by atoms with E-state index in [0.717, 1.165) is 6.42 Å². The SMILES string of the molecule is C.C/C=C\CC(C)(C)C.[CH-]=CCC(C)(C)C.[Y]. The topological polar surface area (TPSA) is 0 Å². The Morgan fingerprint density at radius 3 is 1.29 bits per heavy atom. The van der Waals surface area contributed by atoms with Crippen LogP contribution >= 0.6 is 0 Å². The second kappa shape index (κ2) is 13.0. The summed E-state index contributed by atoms with van der Waals surface area (Å²) in [6.45, 7) is 20.5. The second-order valence-corrected chi connectivity index (χ2v) is 6.33. The van der Waals surface area contributed by atoms with Gasteiger partial charge in [-0.2, -0.15) is 0 Å². The summed E-state index contributed by atoms with van der Waals surface area (Å²) in [6, 6.07) is 0. The predicted molar refractivity (Wildman–Crippen MR) is 78.6 cm³/mol. The van der Waals surface area contributed by atoms with Crippen molar-refractivity contribution >= 4 is 0 Å². The molecule has 0 unspecified atom stereocenters. The van der Waals surface area contributed by atoms with Gasteiger partial charge in [-0.15, -0.1) is 0 Å². The Kier molecular flexibility index (Phi) is 20.1. The van der Waals surface area contributed by atoms with E-state index in [-0.39, 0.29) is 40.1 Å². The molecule has 0 fully saturated rings. The van der Waals surface area contributed by atoms with Crippen LogP contribution in [-0.2, 0) is 32.7 Å². The third kappa shape index (κ3) is 38.4. The molecule has 0 amide bonds. The molecule has 0 aromatic carbocycles. The monoisotopic (exact) mass is 314 g/mol. The van der Waals surface area contributed by atoms with Crippen LogP contribution < -0.4 is 0 Å². The van der Waals surface area contributed by atoms with Gasteiger partial charge in [-0.1, -0.05) is 67.5 Å². The first kappa shape index (κ1) is 26.2. The Morgan fingerprint density at radius 2 is 1.24 bits per heavy atom. The van der Waals surface area contributed by atoms with Gasteiger partial charge >= 0.3 is 0 Å². The Morgan fingerprint density at radius 1 is 0.882 bits per heavy atom. The Hall–Kier alpha value is 0.584. The molecule has 0 aromatic rings. The van der Waals surface area contributed by atoms with Crippen LogP contribution in [0.1, 0.15) is 68.7 Å². The van der Waals surface area contributed by atoms with E-state index in [9.17, 15) is 0 Å². The number of hydrogen-bond donors (Lipinski definition) is 0. The first-order valence-electron chi connectivity index (χ1n) is 5.77. The molecule has 0 N–H and O–H groups in total. The Balaban J connectivity index is -0.0000000896. The van der Waals surface area contributed by atoms with Gasteiger partial charge in [-0.05, 0) is 24.2 Å². The average molecular weight is 314 g/mol. The fraction of sp³-hybridized carbons (Fsp3) is 0.750. The first-order valence-corrected chi connectivity index (χ1v) is 5.77. The van der Waals surface area contributed by atoms with Gasteiger partial charge < -0.3 is 6.58 Å². The third-order valence-electron chi connectivity index (χ3n) is 1.70. The molecule has 1 heteroatoms. The zero-order valence-electron chi connectivity index (χ0n) is 12.3. The molecule has 17 heavy (non-hydrogen) atoms. The van der Waals surface area contributed by atoms with Gasteiger partial charge in [0.1, 0.15) is 0 Å². The fourth-order valence-electron chi connectivity index (χ4n) is 0.825. The minimum atomic E-state index is 0. The van der Waals surface area contributed by atoms with Crippen molar-refractivity contribution < 1.29 is 32.7 Å². The molecular formula is C16H33Y-. The van der Waals surface area contributed by atoms with E-state index < -0.39 is 0 Å². The van der Waals surface area contributed by atoms with E-state index in [0.29, 0.717) is 10.8 Å². The maximum atomic E-state index is 5.19. The standard InChI is InChI=1S/C8H16.C7H13.CH4.Y/c1-5-6-7-8(2,3)4;1-5-6-7(2,3)4;;/h5-6H,7H2,1-4H3;1,5H,6H2,2-4H3;1H4;/q;-1;;/b6-5-;;;. The molecule has 101 valence electrons. The summed E-state index contributed by atoms with van der Waals surface area (Å²) in [5, 5.41) is 0. The van der Waals surface area contributed by atoms with E-state index in [4.69, 9.17) is 6.58 Å². The summed E-state index contributed by atoms with van der Waals surface area (Å²) in [4.78, 5) is 0. The minimum Gasteiger partial charge on any atom is -0.518 e. The molecule has 0 saturated heterocycles. The molecule has 0 spiro atoms. The molecule has 1 radical (unpaired) electrons. The van der Waals surface area contributed by atoms with Crippen LogP contribution in [0, 0.1) is 17.4 Å². The van der Waals surface area contributed by atoms with Crippen molar-refractivity contribution in [2.75, 3.05) is 0 Å². The van der Waals surface area contributed by atoms with Gasteiger partial charge in [-0.3, -0.25) is 6.08 Å². The molecule has 0 aliphatic carbocycles. The largest absolute Gasteiger partial charge is 0.518 e. The van der Waals surface area contributed by atoms with Crippen molar-refractivity contribution in [3.63, 3.8) is 0 Å². The molecule has 0 atom stereocenters. The van der Waals surface area contributed by atoms with Crippen molar-refractivity contribution in [3.05, 3.63) is 24.8 Å². The van der Waals surface area contributed by atoms with Crippen LogP contribution in [-0.4, -0.2) is 0 Å². The summed E-state index contributed by atoms with van der Waals surface area (Å²) in [5.41, 5.74) is 0.835. The van der Waals surface area contributed by atoms with Crippen molar-refractivity contribution in [3.8, 4) is 0 Å². The summed E-state index contributed by atoms with van der Waals surface area (Å²) in [5.74, 6) is 0. The van der Waals surface area contributed by atoms with E-state index in [1.54, 1.807) is 6.08 Å². The van der Waals surface area contributed by atoms with Crippen molar-refractivity contribution in [1.82, 2.24) is 0 Å². The zero-order chi connectivity index (χ0) is 12.5. The Bertz CT molecular complexity index is 177. The van der Waals surface area contributed by atoms with Crippen molar-refractivity contribution in [1.29, 1.82) is 0 Å². The number of rotatable bonds is 2. The zero-order valence-corrected chi connectivity index (χ0v) is 15.1. The fourth-order valence-corrected chi connectivity index (χ4v) is 0.825. The minimum absolute atomic E-state index is 0. The van der Waals surface area contributed by atoms with Crippen molar-refractivity contribution in [2.45, 2.75) is 68.7 Å². The summed E-state index contributed by atoms with van der Waals surface area (Å²) in [6.07, 6.45) is 8.20. The maximum absolute atomic E-state index is 5.19. The van der Waals surface area contributed by atoms with Crippen LogP contribution in [0.2, 0.25) is 0 Å².